The molecule has 0 radical (unpaired) electrons. The Hall–Kier alpha value is -2.39. The van der Waals surface area contributed by atoms with Crippen LogP contribution in [0.15, 0.2) is 11.9 Å². The Bertz CT molecular complexity index is 317. The molecule has 1 amide bonds. The number of carbonyl (C=O) groups is 1. The first-order chi connectivity index (χ1) is 5.86. The Labute approximate surface area is 68.9 Å². The van der Waals surface area contributed by atoms with E-state index in [9.17, 15) is 35.1 Å². The molecule has 0 aliphatic heterocycles. The molecule has 0 aromatic heterocycles. The molecule has 0 unspecified atom stereocenters. The van der Waals surface area contributed by atoms with Gasteiger partial charge in [0, 0.05) is 0 Å². The van der Waals surface area contributed by atoms with Gasteiger partial charge in [0.2, 0.25) is 0 Å². The fraction of sp³-hybridized carbons (Fsp3) is 0. The van der Waals surface area contributed by atoms with Gasteiger partial charge in [-0.3, -0.25) is 30.3 Å². The lowest BCUT2D eigenvalue weighted by Gasteiger charge is -1.85. The lowest BCUT2D eigenvalue weighted by atomic mass is 10.5. The van der Waals surface area contributed by atoms with Crippen LogP contribution in [0.1, 0.15) is 0 Å². The summed E-state index contributed by atoms with van der Waals surface area (Å²) in [5, 5.41) is 29.3. The second kappa shape index (κ2) is 3.85. The van der Waals surface area contributed by atoms with Gasteiger partial charge in [0.05, 0.1) is 9.85 Å². The molecule has 0 saturated heterocycles. The van der Waals surface area contributed by atoms with Crippen LogP contribution >= 0.6 is 0 Å². The molecule has 0 N–H and O–H groups in total. The van der Waals surface area contributed by atoms with Crippen LogP contribution in [0.4, 0.5) is 0 Å². The monoisotopic (exact) mass is 191 g/mol. The third-order valence-corrected chi connectivity index (χ3v) is 0.809. The molecule has 10 nitrogen and oxygen atoms in total. The summed E-state index contributed by atoms with van der Waals surface area (Å²) < 4.78 is 0. The van der Waals surface area contributed by atoms with Crippen molar-refractivity contribution in [3.05, 3.63) is 42.2 Å². The van der Waals surface area contributed by atoms with Crippen molar-refractivity contribution < 1.29 is 19.6 Å². The van der Waals surface area contributed by atoms with E-state index < -0.39 is 26.4 Å². The molecular formula is C3HN3O7. The van der Waals surface area contributed by atoms with E-state index in [2.05, 4.69) is 0 Å². The molecule has 0 fully saturated rings. The Morgan fingerprint density at radius 2 is 1.46 bits per heavy atom. The maximum atomic E-state index is 10.3. The van der Waals surface area contributed by atoms with Gasteiger partial charge in [0.15, 0.2) is 0 Å². The largest absolute Gasteiger partial charge is 0.553 e. The number of hydrogen-bond donors (Lipinski definition) is 0. The maximum absolute atomic E-state index is 10.3. The molecule has 0 aliphatic carbocycles. The maximum Gasteiger partial charge on any atom is 0.553 e. The summed E-state index contributed by atoms with van der Waals surface area (Å²) in [5.41, 5.74) is -1.69. The van der Waals surface area contributed by atoms with Crippen LogP contribution in [0.5, 0.6) is 0 Å². The molecular weight excluding hydrogens is 190 g/mol. The van der Waals surface area contributed by atoms with E-state index in [0.29, 0.717) is 0 Å². The fourth-order valence-corrected chi connectivity index (χ4v) is 0.374. The Morgan fingerprint density at radius 1 is 1.00 bits per heavy atom. The highest BCUT2D eigenvalue weighted by atomic mass is 16.7. The zero-order valence-corrected chi connectivity index (χ0v) is 5.78. The summed E-state index contributed by atoms with van der Waals surface area (Å²) >= 11 is 0. The highest BCUT2D eigenvalue weighted by Crippen LogP contribution is 1.98. The number of hydrogen-bond acceptors (Lipinski definition) is 7. The lowest BCUT2D eigenvalue weighted by Crippen LogP contribution is -2.20. The topological polar surface area (TPSA) is 146 Å². The second-order valence-corrected chi connectivity index (χ2v) is 1.62. The minimum atomic E-state index is -2.12. The third kappa shape index (κ3) is 3.00. The summed E-state index contributed by atoms with van der Waals surface area (Å²) in [7, 11) is 0. The van der Waals surface area contributed by atoms with E-state index in [-0.39, 0.29) is 6.20 Å². The minimum absolute atomic E-state index is 0.328. The zero-order valence-electron chi connectivity index (χ0n) is 5.78. The van der Waals surface area contributed by atoms with E-state index in [1.165, 1.54) is 0 Å². The van der Waals surface area contributed by atoms with Crippen LogP contribution in [0.3, 0.4) is 0 Å². The highest BCUT2D eigenvalue weighted by molar-refractivity contribution is 5.83. The SMILES string of the molecule is O=C(C(=C[N+](=O)[O-])[N+](=O)[O-])[N+](=O)[O-]. The van der Waals surface area contributed by atoms with Crippen LogP contribution in [-0.2, 0) is 4.79 Å². The van der Waals surface area contributed by atoms with E-state index in [0.717, 1.165) is 0 Å². The molecule has 0 bridgehead atoms. The first kappa shape index (κ1) is 10.6. The summed E-state index contributed by atoms with van der Waals surface area (Å²) in [6, 6.07) is 0. The van der Waals surface area contributed by atoms with Crippen molar-refractivity contribution in [1.29, 1.82) is 0 Å². The van der Waals surface area contributed by atoms with Gasteiger partial charge >= 0.3 is 17.8 Å². The van der Waals surface area contributed by atoms with Gasteiger partial charge in [0.1, 0.15) is 4.92 Å². The summed E-state index contributed by atoms with van der Waals surface area (Å²) in [6.45, 7) is 0. The van der Waals surface area contributed by atoms with Crippen molar-refractivity contribution in [3.8, 4) is 0 Å². The van der Waals surface area contributed by atoms with Crippen LogP contribution < -0.4 is 0 Å². The van der Waals surface area contributed by atoms with Crippen molar-refractivity contribution in [2.75, 3.05) is 0 Å². The number of nitro groups is 3. The predicted molar refractivity (Wildman–Crippen MR) is 34.1 cm³/mol. The molecule has 70 valence electrons. The molecule has 0 aromatic rings. The quantitative estimate of drug-likeness (QED) is 0.321. The van der Waals surface area contributed by atoms with Gasteiger partial charge in [-0.2, -0.15) is 0 Å². The van der Waals surface area contributed by atoms with Crippen molar-refractivity contribution in [2.24, 2.45) is 0 Å². The Balaban J connectivity index is 5.05. The van der Waals surface area contributed by atoms with Crippen molar-refractivity contribution in [3.63, 3.8) is 0 Å². The standard InChI is InChI=1S/C3HN3O7/c7-3(6(12)13)2(5(10)11)1-4(8)9/h1H. The molecule has 10 heteroatoms. The minimum Gasteiger partial charge on any atom is -0.259 e. The van der Waals surface area contributed by atoms with Gasteiger partial charge in [-0.1, -0.05) is 0 Å². The van der Waals surface area contributed by atoms with Gasteiger partial charge in [-0.15, -0.1) is 0 Å². The molecule has 0 atom stereocenters. The van der Waals surface area contributed by atoms with E-state index in [1.807, 2.05) is 0 Å². The van der Waals surface area contributed by atoms with E-state index in [1.54, 1.807) is 0 Å². The molecule has 0 rings (SSSR count). The zero-order chi connectivity index (χ0) is 10.6. The lowest BCUT2D eigenvalue weighted by molar-refractivity contribution is -0.476. The average Bonchev–Trinajstić information content (AvgIpc) is 1.97. The van der Waals surface area contributed by atoms with Crippen LogP contribution in [0.25, 0.3) is 0 Å². The van der Waals surface area contributed by atoms with Crippen LogP contribution in [-0.4, -0.2) is 20.7 Å². The highest BCUT2D eigenvalue weighted by Gasteiger charge is 2.37. The van der Waals surface area contributed by atoms with Crippen molar-refractivity contribution >= 4 is 5.91 Å². The molecule has 0 aromatic carbocycles. The normalized spacial score (nSPS) is 10.6. The summed E-state index contributed by atoms with van der Waals surface area (Å²) in [6.07, 6.45) is -0.328. The smallest absolute Gasteiger partial charge is 0.259 e. The molecule has 0 spiro atoms. The van der Waals surface area contributed by atoms with Crippen LogP contribution in [0, 0.1) is 30.3 Å². The number of rotatable bonds is 3. The fourth-order valence-electron chi connectivity index (χ4n) is 0.374. The van der Waals surface area contributed by atoms with E-state index >= 15 is 0 Å². The number of amides is 1. The van der Waals surface area contributed by atoms with Gasteiger partial charge in [-0.05, 0) is 0 Å². The first-order valence-electron chi connectivity index (χ1n) is 2.54. The predicted octanol–water partition coefficient (Wildman–Crippen LogP) is -0.816. The molecule has 13 heavy (non-hydrogen) atoms. The third-order valence-electron chi connectivity index (χ3n) is 0.809. The van der Waals surface area contributed by atoms with Gasteiger partial charge in [0.25, 0.3) is 0 Å². The Kier molecular flexibility index (Phi) is 3.14. The summed E-state index contributed by atoms with van der Waals surface area (Å²) in [5.74, 6) is -2.12. The number of nitrogens with zero attached hydrogens (tertiary/aromatic N) is 3. The number of carbonyl (C=O) groups excluding carboxylic acids is 1. The van der Waals surface area contributed by atoms with Crippen molar-refractivity contribution in [1.82, 2.24) is 0 Å². The Morgan fingerprint density at radius 3 is 1.69 bits per heavy atom. The van der Waals surface area contributed by atoms with Crippen molar-refractivity contribution in [2.45, 2.75) is 0 Å². The van der Waals surface area contributed by atoms with Crippen LogP contribution in [0.2, 0.25) is 0 Å². The molecule has 0 heterocycles. The second-order valence-electron chi connectivity index (χ2n) is 1.62. The molecule has 0 saturated carbocycles. The summed E-state index contributed by atoms with van der Waals surface area (Å²) in [4.78, 5) is 35.2. The molecule has 0 aliphatic rings. The van der Waals surface area contributed by atoms with Gasteiger partial charge in [-0.25, -0.2) is 4.79 Å². The first-order valence-corrected chi connectivity index (χ1v) is 2.54. The van der Waals surface area contributed by atoms with Gasteiger partial charge < -0.3 is 0 Å². The average molecular weight is 191 g/mol. The van der Waals surface area contributed by atoms with E-state index in [4.69, 9.17) is 0 Å².